The van der Waals surface area contributed by atoms with Crippen molar-refractivity contribution in [1.29, 1.82) is 0 Å². The minimum atomic E-state index is 0.136. The maximum Gasteiger partial charge on any atom is 0.00207 e. The average Bonchev–Trinajstić information content (AvgIpc) is 2.14. The van der Waals surface area contributed by atoms with Gasteiger partial charge in [-0.05, 0) is 37.0 Å². The van der Waals surface area contributed by atoms with Gasteiger partial charge in [0.15, 0.2) is 0 Å². The molecule has 0 fully saturated rings. The van der Waals surface area contributed by atoms with Crippen molar-refractivity contribution >= 4 is 24.6 Å². The quantitative estimate of drug-likeness (QED) is 0.550. The summed E-state index contributed by atoms with van der Waals surface area (Å²) >= 11 is 1.85. The van der Waals surface area contributed by atoms with E-state index in [1.54, 1.807) is 0 Å². The Hall–Kier alpha value is 0.130. The third-order valence-electron chi connectivity index (χ3n) is 1.23. The van der Waals surface area contributed by atoms with Crippen LogP contribution < -0.4 is 5.30 Å². The molecular formula is C7H11PS. The molecule has 2 heteroatoms. The fraction of sp³-hybridized carbons (Fsp3) is 0.429. The summed E-state index contributed by atoms with van der Waals surface area (Å²) in [6.07, 6.45) is 0. The molecule has 0 aliphatic carbocycles. The van der Waals surface area contributed by atoms with Crippen molar-refractivity contribution in [3.05, 3.63) is 16.3 Å². The molecule has 0 unspecified atom stereocenters. The summed E-state index contributed by atoms with van der Waals surface area (Å²) in [7, 11) is 0.136. The molecule has 0 saturated heterocycles. The molecule has 0 aliphatic rings. The first-order valence-electron chi connectivity index (χ1n) is 2.92. The largest absolute Gasteiger partial charge is 0.149 e. The second-order valence-electron chi connectivity index (χ2n) is 2.31. The lowest BCUT2D eigenvalue weighted by Gasteiger charge is -1.97. The number of rotatable bonds is 1. The van der Waals surface area contributed by atoms with Crippen molar-refractivity contribution in [3.8, 4) is 0 Å². The fourth-order valence-corrected chi connectivity index (χ4v) is 2.77. The van der Waals surface area contributed by atoms with Gasteiger partial charge in [-0.3, -0.25) is 0 Å². The second kappa shape index (κ2) is 2.81. The molecule has 0 bridgehead atoms. The van der Waals surface area contributed by atoms with E-state index in [1.807, 2.05) is 11.3 Å². The highest BCUT2D eigenvalue weighted by atomic mass is 32.1. The molecule has 0 atom stereocenters. The van der Waals surface area contributed by atoms with Crippen LogP contribution >= 0.6 is 19.3 Å². The van der Waals surface area contributed by atoms with Gasteiger partial charge >= 0.3 is 0 Å². The molecule has 0 radical (unpaired) electrons. The predicted molar refractivity (Wildman–Crippen MR) is 47.5 cm³/mol. The third-order valence-corrected chi connectivity index (χ3v) is 3.56. The molecule has 0 N–H and O–H groups in total. The summed E-state index contributed by atoms with van der Waals surface area (Å²) in [6.45, 7) is 6.74. The van der Waals surface area contributed by atoms with E-state index in [-0.39, 0.29) is 7.92 Å². The van der Waals surface area contributed by atoms with Crippen LogP contribution in [0.4, 0.5) is 0 Å². The SMILES string of the molecule is Cc1cc(P(C)C)cs1. The molecule has 0 aromatic carbocycles. The fourth-order valence-electron chi connectivity index (χ4n) is 0.664. The van der Waals surface area contributed by atoms with Crippen molar-refractivity contribution in [2.45, 2.75) is 6.92 Å². The minimum Gasteiger partial charge on any atom is -0.149 e. The lowest BCUT2D eigenvalue weighted by Crippen LogP contribution is -1.91. The van der Waals surface area contributed by atoms with Crippen molar-refractivity contribution in [3.63, 3.8) is 0 Å². The molecule has 9 heavy (non-hydrogen) atoms. The predicted octanol–water partition coefficient (Wildman–Crippen LogP) is 2.42. The van der Waals surface area contributed by atoms with E-state index in [0.717, 1.165) is 0 Å². The number of aryl methyl sites for hydroxylation is 1. The van der Waals surface area contributed by atoms with Gasteiger partial charge in [0, 0.05) is 4.88 Å². The lowest BCUT2D eigenvalue weighted by molar-refractivity contribution is 1.66. The molecule has 50 valence electrons. The Morgan fingerprint density at radius 1 is 1.44 bits per heavy atom. The topological polar surface area (TPSA) is 0 Å². The summed E-state index contributed by atoms with van der Waals surface area (Å²) in [5.41, 5.74) is 0. The van der Waals surface area contributed by atoms with Crippen LogP contribution in [0.5, 0.6) is 0 Å². The van der Waals surface area contributed by atoms with Crippen molar-refractivity contribution in [2.24, 2.45) is 0 Å². The maximum atomic E-state index is 2.29. The Labute approximate surface area is 61.7 Å². The molecule has 1 rings (SSSR count). The van der Waals surface area contributed by atoms with Crippen LogP contribution in [0.15, 0.2) is 11.4 Å². The standard InChI is InChI=1S/C7H11PS/c1-6-4-7(5-9-6)8(2)3/h4-5H,1-3H3. The van der Waals surface area contributed by atoms with Crippen LogP contribution in [0, 0.1) is 6.92 Å². The van der Waals surface area contributed by atoms with Crippen molar-refractivity contribution in [2.75, 3.05) is 13.3 Å². The first-order valence-corrected chi connectivity index (χ1v) is 6.04. The Morgan fingerprint density at radius 3 is 2.33 bits per heavy atom. The van der Waals surface area contributed by atoms with E-state index >= 15 is 0 Å². The maximum absolute atomic E-state index is 2.29. The zero-order valence-corrected chi connectivity index (χ0v) is 7.72. The molecular weight excluding hydrogens is 147 g/mol. The van der Waals surface area contributed by atoms with Gasteiger partial charge in [-0.15, -0.1) is 11.3 Å². The van der Waals surface area contributed by atoms with E-state index in [1.165, 1.54) is 10.2 Å². The Bertz CT molecular complexity index is 191. The van der Waals surface area contributed by atoms with E-state index in [2.05, 4.69) is 31.7 Å². The van der Waals surface area contributed by atoms with Crippen LogP contribution in [0.3, 0.4) is 0 Å². The molecule has 0 saturated carbocycles. The van der Waals surface area contributed by atoms with E-state index in [0.29, 0.717) is 0 Å². The van der Waals surface area contributed by atoms with E-state index in [9.17, 15) is 0 Å². The van der Waals surface area contributed by atoms with Gasteiger partial charge in [-0.2, -0.15) is 0 Å². The second-order valence-corrected chi connectivity index (χ2v) is 5.73. The first-order chi connectivity index (χ1) is 4.20. The van der Waals surface area contributed by atoms with Gasteiger partial charge in [0.1, 0.15) is 0 Å². The van der Waals surface area contributed by atoms with Crippen LogP contribution in [-0.2, 0) is 0 Å². The highest BCUT2D eigenvalue weighted by molar-refractivity contribution is 7.64. The Kier molecular flexibility index (Phi) is 2.26. The van der Waals surface area contributed by atoms with Gasteiger partial charge in [0.05, 0.1) is 0 Å². The molecule has 1 heterocycles. The zero-order chi connectivity index (χ0) is 6.85. The van der Waals surface area contributed by atoms with Crippen LogP contribution in [0.1, 0.15) is 4.88 Å². The minimum absolute atomic E-state index is 0.136. The van der Waals surface area contributed by atoms with Crippen molar-refractivity contribution < 1.29 is 0 Å². The third kappa shape index (κ3) is 1.77. The summed E-state index contributed by atoms with van der Waals surface area (Å²) in [5, 5.41) is 3.80. The molecule has 0 spiro atoms. The highest BCUT2D eigenvalue weighted by Crippen LogP contribution is 2.25. The summed E-state index contributed by atoms with van der Waals surface area (Å²) < 4.78 is 0. The first kappa shape index (κ1) is 7.24. The zero-order valence-electron chi connectivity index (χ0n) is 6.01. The van der Waals surface area contributed by atoms with E-state index in [4.69, 9.17) is 0 Å². The van der Waals surface area contributed by atoms with Gasteiger partial charge < -0.3 is 0 Å². The molecule has 0 amide bonds. The van der Waals surface area contributed by atoms with Crippen LogP contribution in [-0.4, -0.2) is 13.3 Å². The number of thiophene rings is 1. The highest BCUT2D eigenvalue weighted by Gasteiger charge is 1.98. The number of hydrogen-bond donors (Lipinski definition) is 0. The van der Waals surface area contributed by atoms with Crippen molar-refractivity contribution in [1.82, 2.24) is 0 Å². The van der Waals surface area contributed by atoms with Gasteiger partial charge in [-0.25, -0.2) is 0 Å². The summed E-state index contributed by atoms with van der Waals surface area (Å²) in [5.74, 6) is 0. The monoisotopic (exact) mass is 158 g/mol. The Balaban J connectivity index is 2.85. The normalized spacial score (nSPS) is 10.7. The van der Waals surface area contributed by atoms with Crippen LogP contribution in [0.2, 0.25) is 0 Å². The van der Waals surface area contributed by atoms with Gasteiger partial charge in [0.25, 0.3) is 0 Å². The smallest absolute Gasteiger partial charge is 0.00207 e. The average molecular weight is 158 g/mol. The Morgan fingerprint density at radius 2 is 2.11 bits per heavy atom. The lowest BCUT2D eigenvalue weighted by atomic mass is 10.5. The summed E-state index contributed by atoms with van der Waals surface area (Å²) in [4.78, 5) is 1.43. The summed E-state index contributed by atoms with van der Waals surface area (Å²) in [6, 6.07) is 2.29. The number of hydrogen-bond acceptors (Lipinski definition) is 1. The van der Waals surface area contributed by atoms with Gasteiger partial charge in [-0.1, -0.05) is 7.92 Å². The van der Waals surface area contributed by atoms with Gasteiger partial charge in [0.2, 0.25) is 0 Å². The molecule has 1 aromatic heterocycles. The van der Waals surface area contributed by atoms with E-state index < -0.39 is 0 Å². The molecule has 0 aliphatic heterocycles. The van der Waals surface area contributed by atoms with Crippen LogP contribution in [0.25, 0.3) is 0 Å². The molecule has 1 aromatic rings. The molecule has 0 nitrogen and oxygen atoms in total.